The van der Waals surface area contributed by atoms with Gasteiger partial charge in [0.1, 0.15) is 16.8 Å². The molecule has 0 saturated carbocycles. The second kappa shape index (κ2) is 6.23. The molecule has 0 aliphatic carbocycles. The minimum atomic E-state index is -0.201. The Labute approximate surface area is 140 Å². The highest BCUT2D eigenvalue weighted by Crippen LogP contribution is 2.40. The lowest BCUT2D eigenvalue weighted by Crippen LogP contribution is -2.31. The zero-order valence-electron chi connectivity index (χ0n) is 13.6. The van der Waals surface area contributed by atoms with Crippen molar-refractivity contribution in [3.05, 3.63) is 45.8 Å². The first-order chi connectivity index (χ1) is 11.0. The number of anilines is 1. The average Bonchev–Trinajstić information content (AvgIpc) is 2.88. The predicted octanol–water partition coefficient (Wildman–Crippen LogP) is 4.09. The molecule has 0 spiro atoms. The Morgan fingerprint density at radius 3 is 2.74 bits per heavy atom. The molecule has 1 aliphatic heterocycles. The highest BCUT2D eigenvalue weighted by molar-refractivity contribution is 7.16. The van der Waals surface area contributed by atoms with Crippen LogP contribution in [0.4, 0.5) is 5.00 Å². The molecular weight excluding hydrogens is 308 g/mol. The maximum atomic E-state index is 9.56. The Bertz CT molecular complexity index is 742. The summed E-state index contributed by atoms with van der Waals surface area (Å²) in [5.41, 5.74) is 2.87. The average molecular weight is 328 g/mol. The number of nitrogens with one attached hydrogen (secondary N) is 1. The molecule has 1 aliphatic rings. The van der Waals surface area contributed by atoms with Crippen LogP contribution in [0.25, 0.3) is 0 Å². The van der Waals surface area contributed by atoms with Crippen LogP contribution in [0.1, 0.15) is 35.4 Å². The summed E-state index contributed by atoms with van der Waals surface area (Å²) in [5, 5.41) is 13.9. The Balaban J connectivity index is 1.78. The Morgan fingerprint density at radius 2 is 2.09 bits per heavy atom. The summed E-state index contributed by atoms with van der Waals surface area (Å²) in [6, 6.07) is 10.3. The second-order valence-corrected chi connectivity index (χ2v) is 7.35. The van der Waals surface area contributed by atoms with Crippen molar-refractivity contribution in [3.8, 4) is 11.8 Å². The number of nitrogens with zero attached hydrogens (tertiary/aromatic N) is 1. The third-order valence-electron chi connectivity index (χ3n) is 4.01. The number of benzene rings is 1. The summed E-state index contributed by atoms with van der Waals surface area (Å²) < 4.78 is 11.0. The van der Waals surface area contributed by atoms with E-state index in [1.807, 2.05) is 24.3 Å². The van der Waals surface area contributed by atoms with Crippen LogP contribution in [0, 0.1) is 11.3 Å². The van der Waals surface area contributed by atoms with E-state index in [1.165, 1.54) is 0 Å². The third-order valence-corrected chi connectivity index (χ3v) is 5.17. The van der Waals surface area contributed by atoms with Gasteiger partial charge in [0, 0.05) is 17.8 Å². The lowest BCUT2D eigenvalue weighted by Gasteiger charge is -2.29. The van der Waals surface area contributed by atoms with E-state index in [1.54, 1.807) is 18.4 Å². The van der Waals surface area contributed by atoms with Gasteiger partial charge in [-0.2, -0.15) is 5.26 Å². The topological polar surface area (TPSA) is 54.3 Å². The quantitative estimate of drug-likeness (QED) is 0.918. The molecule has 23 heavy (non-hydrogen) atoms. The van der Waals surface area contributed by atoms with Crippen LogP contribution < -0.4 is 10.1 Å². The summed E-state index contributed by atoms with van der Waals surface area (Å²) in [6.45, 7) is 5.41. The van der Waals surface area contributed by atoms with Crippen molar-refractivity contribution in [1.29, 1.82) is 5.26 Å². The van der Waals surface area contributed by atoms with Crippen LogP contribution in [0.15, 0.2) is 24.3 Å². The van der Waals surface area contributed by atoms with Crippen molar-refractivity contribution in [3.63, 3.8) is 0 Å². The van der Waals surface area contributed by atoms with E-state index in [2.05, 4.69) is 25.2 Å². The molecule has 0 amide bonds. The van der Waals surface area contributed by atoms with Crippen LogP contribution >= 0.6 is 11.3 Å². The number of hydrogen-bond acceptors (Lipinski definition) is 5. The van der Waals surface area contributed by atoms with Crippen LogP contribution in [0.5, 0.6) is 5.75 Å². The molecule has 0 radical (unpaired) electrons. The van der Waals surface area contributed by atoms with Gasteiger partial charge in [-0.1, -0.05) is 12.1 Å². The van der Waals surface area contributed by atoms with E-state index in [0.29, 0.717) is 13.2 Å². The fourth-order valence-corrected chi connectivity index (χ4v) is 3.80. The van der Waals surface area contributed by atoms with Gasteiger partial charge in [0.05, 0.1) is 24.9 Å². The van der Waals surface area contributed by atoms with Gasteiger partial charge in [-0.05, 0) is 37.1 Å². The molecule has 120 valence electrons. The maximum Gasteiger partial charge on any atom is 0.118 e. The fourth-order valence-electron chi connectivity index (χ4n) is 2.72. The fraction of sp³-hybridized carbons (Fsp3) is 0.389. The van der Waals surface area contributed by atoms with Crippen molar-refractivity contribution in [2.24, 2.45) is 0 Å². The molecule has 1 N–H and O–H groups in total. The molecule has 0 fully saturated rings. The van der Waals surface area contributed by atoms with Gasteiger partial charge in [-0.3, -0.25) is 0 Å². The highest BCUT2D eigenvalue weighted by atomic mass is 32.1. The van der Waals surface area contributed by atoms with Crippen LogP contribution in [0.3, 0.4) is 0 Å². The van der Waals surface area contributed by atoms with Crippen molar-refractivity contribution in [2.45, 2.75) is 39.0 Å². The zero-order chi connectivity index (χ0) is 16.4. The predicted molar refractivity (Wildman–Crippen MR) is 91.9 cm³/mol. The highest BCUT2D eigenvalue weighted by Gasteiger charge is 2.31. The maximum absolute atomic E-state index is 9.56. The molecule has 4 nitrogen and oxygen atoms in total. The van der Waals surface area contributed by atoms with E-state index in [4.69, 9.17) is 9.47 Å². The van der Waals surface area contributed by atoms with Gasteiger partial charge < -0.3 is 14.8 Å². The number of nitriles is 1. The summed E-state index contributed by atoms with van der Waals surface area (Å²) in [4.78, 5) is 1.16. The number of ether oxygens (including phenoxy) is 2. The number of thiophene rings is 1. The summed E-state index contributed by atoms with van der Waals surface area (Å²) >= 11 is 1.63. The van der Waals surface area contributed by atoms with Crippen molar-refractivity contribution in [2.75, 3.05) is 12.4 Å². The molecule has 0 unspecified atom stereocenters. The van der Waals surface area contributed by atoms with Crippen LogP contribution in [-0.4, -0.2) is 12.7 Å². The molecule has 1 aromatic carbocycles. The van der Waals surface area contributed by atoms with E-state index in [0.717, 1.165) is 38.7 Å². The van der Waals surface area contributed by atoms with Crippen molar-refractivity contribution < 1.29 is 9.47 Å². The Hall–Kier alpha value is -2.03. The minimum absolute atomic E-state index is 0.201. The zero-order valence-corrected chi connectivity index (χ0v) is 14.4. The van der Waals surface area contributed by atoms with Gasteiger partial charge in [-0.15, -0.1) is 11.3 Å². The summed E-state index contributed by atoms with van der Waals surface area (Å²) in [7, 11) is 1.66. The lowest BCUT2D eigenvalue weighted by atomic mass is 9.93. The molecule has 2 heterocycles. The molecule has 2 aromatic rings. The first-order valence-corrected chi connectivity index (χ1v) is 8.39. The Morgan fingerprint density at radius 1 is 1.35 bits per heavy atom. The normalized spacial score (nSPS) is 15.6. The summed E-state index contributed by atoms with van der Waals surface area (Å²) in [5.74, 6) is 0.845. The standard InChI is InChI=1S/C18H20N2O2S/c1-18(2)8-14-15(9-19)17(23-16(14)11-22-18)20-10-12-4-6-13(21-3)7-5-12/h4-7,20H,8,10-11H2,1-3H3. The molecule has 5 heteroatoms. The molecule has 1 aromatic heterocycles. The summed E-state index contributed by atoms with van der Waals surface area (Å²) in [6.07, 6.45) is 0.784. The van der Waals surface area contributed by atoms with Gasteiger partial charge in [-0.25, -0.2) is 0 Å². The van der Waals surface area contributed by atoms with Gasteiger partial charge in [0.15, 0.2) is 0 Å². The molecule has 0 saturated heterocycles. The minimum Gasteiger partial charge on any atom is -0.497 e. The first kappa shape index (κ1) is 15.9. The van der Waals surface area contributed by atoms with Crippen molar-refractivity contribution in [1.82, 2.24) is 0 Å². The second-order valence-electron chi connectivity index (χ2n) is 6.25. The SMILES string of the molecule is COc1ccc(CNc2sc3c(c2C#N)CC(C)(C)OC3)cc1. The van der Waals surface area contributed by atoms with Gasteiger partial charge in [0.2, 0.25) is 0 Å². The molecule has 3 rings (SSSR count). The van der Waals surface area contributed by atoms with Gasteiger partial charge in [0.25, 0.3) is 0 Å². The van der Waals surface area contributed by atoms with Crippen LogP contribution in [-0.2, 0) is 24.3 Å². The number of hydrogen-bond donors (Lipinski definition) is 1. The number of fused-ring (bicyclic) bond motifs is 1. The van der Waals surface area contributed by atoms with E-state index >= 15 is 0 Å². The van der Waals surface area contributed by atoms with Crippen molar-refractivity contribution >= 4 is 16.3 Å². The smallest absolute Gasteiger partial charge is 0.118 e. The van der Waals surface area contributed by atoms with E-state index in [9.17, 15) is 5.26 Å². The van der Waals surface area contributed by atoms with E-state index in [-0.39, 0.29) is 5.60 Å². The molecular formula is C18H20N2O2S. The monoisotopic (exact) mass is 328 g/mol. The number of methoxy groups -OCH3 is 1. The number of rotatable bonds is 4. The van der Waals surface area contributed by atoms with Gasteiger partial charge >= 0.3 is 0 Å². The van der Waals surface area contributed by atoms with Crippen LogP contribution in [0.2, 0.25) is 0 Å². The third kappa shape index (κ3) is 3.34. The molecule has 0 atom stereocenters. The lowest BCUT2D eigenvalue weighted by molar-refractivity contribution is -0.0383. The van der Waals surface area contributed by atoms with E-state index < -0.39 is 0 Å². The molecule has 0 bridgehead atoms. The Kier molecular flexibility index (Phi) is 4.29. The first-order valence-electron chi connectivity index (χ1n) is 7.58. The largest absolute Gasteiger partial charge is 0.497 e.